The number of amides is 3. The summed E-state index contributed by atoms with van der Waals surface area (Å²) in [5, 5.41) is 10.3. The fourth-order valence-electron chi connectivity index (χ4n) is 4.68. The molecular weight excluding hydrogens is 386 g/mol. The number of nitrogens with one attached hydrogen (secondary N) is 1. The van der Waals surface area contributed by atoms with Crippen molar-refractivity contribution in [2.75, 3.05) is 13.1 Å². The zero-order valence-corrected chi connectivity index (χ0v) is 16.4. The Balaban J connectivity index is 1.28. The van der Waals surface area contributed by atoms with Gasteiger partial charge in [-0.1, -0.05) is 17.3 Å². The van der Waals surface area contributed by atoms with Crippen LogP contribution in [0.15, 0.2) is 30.6 Å². The van der Waals surface area contributed by atoms with Crippen LogP contribution in [0.25, 0.3) is 0 Å². The van der Waals surface area contributed by atoms with Crippen LogP contribution in [0.2, 0.25) is 0 Å². The van der Waals surface area contributed by atoms with E-state index in [1.54, 1.807) is 11.1 Å². The zero-order valence-electron chi connectivity index (χ0n) is 16.4. The van der Waals surface area contributed by atoms with Crippen LogP contribution in [0.5, 0.6) is 0 Å². The number of nitrogens with zero attached hydrogens (tertiary/aromatic N) is 5. The predicted molar refractivity (Wildman–Crippen MR) is 105 cm³/mol. The summed E-state index contributed by atoms with van der Waals surface area (Å²) in [6.07, 6.45) is 4.11. The summed E-state index contributed by atoms with van der Waals surface area (Å²) in [6, 6.07) is 5.30. The fourth-order valence-corrected chi connectivity index (χ4v) is 4.68. The number of hydrogen-bond acceptors (Lipinski definition) is 7. The van der Waals surface area contributed by atoms with Gasteiger partial charge in [0.25, 0.3) is 5.91 Å². The van der Waals surface area contributed by atoms with Gasteiger partial charge in [0.15, 0.2) is 0 Å². The van der Waals surface area contributed by atoms with E-state index < -0.39 is 11.9 Å². The van der Waals surface area contributed by atoms with E-state index in [1.807, 2.05) is 29.1 Å². The number of piperidine rings is 1. The molecule has 1 aromatic heterocycles. The molecule has 3 atom stereocenters. The van der Waals surface area contributed by atoms with E-state index in [0.717, 1.165) is 30.8 Å². The van der Waals surface area contributed by atoms with Crippen LogP contribution in [0.3, 0.4) is 0 Å². The second-order valence-electron chi connectivity index (χ2n) is 8.20. The third kappa shape index (κ3) is 3.27. The molecule has 0 bridgehead atoms. The quantitative estimate of drug-likeness (QED) is 0.647. The van der Waals surface area contributed by atoms with Crippen molar-refractivity contribution in [3.05, 3.63) is 47.3 Å². The van der Waals surface area contributed by atoms with Crippen molar-refractivity contribution < 1.29 is 14.4 Å². The number of rotatable bonds is 4. The lowest BCUT2D eigenvalue weighted by Crippen LogP contribution is -2.52. The second kappa shape index (κ2) is 7.29. The highest BCUT2D eigenvalue weighted by molar-refractivity contribution is 6.05. The Bertz CT molecular complexity index is 1010. The van der Waals surface area contributed by atoms with E-state index in [9.17, 15) is 14.4 Å². The normalized spacial score (nSPS) is 26.9. The number of fused-ring (bicyclic) bond motifs is 1. The highest BCUT2D eigenvalue weighted by atomic mass is 16.2. The van der Waals surface area contributed by atoms with Gasteiger partial charge in [-0.25, -0.2) is 4.68 Å². The summed E-state index contributed by atoms with van der Waals surface area (Å²) in [5.41, 5.74) is 8.94. The fraction of sp³-hybridized carbons (Fsp3) is 0.450. The minimum Gasteiger partial charge on any atom is -0.325 e. The molecule has 3 aliphatic heterocycles. The van der Waals surface area contributed by atoms with E-state index in [0.29, 0.717) is 18.5 Å². The molecule has 2 fully saturated rings. The zero-order chi connectivity index (χ0) is 20.8. The van der Waals surface area contributed by atoms with Gasteiger partial charge in [-0.2, -0.15) is 0 Å². The molecular formula is C20H23N7O3. The molecule has 4 heterocycles. The number of hydrogen-bond donors (Lipinski definition) is 2. The Labute approximate surface area is 173 Å². The van der Waals surface area contributed by atoms with Gasteiger partial charge in [-0.15, -0.1) is 5.10 Å². The standard InChI is InChI=1S/C20H23N7O3/c21-15-10-25(11-17(15)27-6-5-22-24-27)8-12-1-2-14-13(7-12)9-26(20(14)30)16-3-4-18(28)23-19(16)29/h1-2,5-7,15-17H,3-4,8-11,21H2,(H,23,28,29)/t15-,16?,17+/m1/s1. The van der Waals surface area contributed by atoms with Crippen molar-refractivity contribution >= 4 is 17.7 Å². The summed E-state index contributed by atoms with van der Waals surface area (Å²) >= 11 is 0. The molecule has 0 aliphatic carbocycles. The number of carbonyl (C=O) groups excluding carboxylic acids is 3. The summed E-state index contributed by atoms with van der Waals surface area (Å²) in [7, 11) is 0. The van der Waals surface area contributed by atoms with Crippen LogP contribution in [0.1, 0.15) is 40.4 Å². The molecule has 0 spiro atoms. The van der Waals surface area contributed by atoms with Gasteiger partial charge in [0.1, 0.15) is 6.04 Å². The van der Waals surface area contributed by atoms with Crippen molar-refractivity contribution in [2.24, 2.45) is 5.73 Å². The summed E-state index contributed by atoms with van der Waals surface area (Å²) in [6.45, 7) is 2.64. The molecule has 10 heteroatoms. The lowest BCUT2D eigenvalue weighted by Gasteiger charge is -2.29. The molecule has 3 amide bonds. The first-order valence-electron chi connectivity index (χ1n) is 10.1. The van der Waals surface area contributed by atoms with Crippen LogP contribution in [0, 0.1) is 0 Å². The number of imide groups is 1. The van der Waals surface area contributed by atoms with Crippen LogP contribution in [-0.2, 0) is 22.7 Å². The largest absolute Gasteiger partial charge is 0.325 e. The molecule has 30 heavy (non-hydrogen) atoms. The Morgan fingerprint density at radius 3 is 2.83 bits per heavy atom. The SMILES string of the molecule is N[C@@H]1CN(Cc2ccc3c(c2)CN(C2CCC(=O)NC2=O)C3=O)C[C@@H]1n1ccnn1. The Kier molecular flexibility index (Phi) is 4.59. The topological polar surface area (TPSA) is 126 Å². The van der Waals surface area contributed by atoms with Crippen molar-refractivity contribution in [1.29, 1.82) is 0 Å². The van der Waals surface area contributed by atoms with E-state index >= 15 is 0 Å². The highest BCUT2D eigenvalue weighted by Gasteiger charge is 2.39. The summed E-state index contributed by atoms with van der Waals surface area (Å²) in [5.74, 6) is -0.825. The summed E-state index contributed by atoms with van der Waals surface area (Å²) < 4.78 is 1.81. The predicted octanol–water partition coefficient (Wildman–Crippen LogP) is -0.577. The van der Waals surface area contributed by atoms with Gasteiger partial charge >= 0.3 is 0 Å². The Hall–Kier alpha value is -3.11. The second-order valence-corrected chi connectivity index (χ2v) is 8.20. The van der Waals surface area contributed by atoms with E-state index in [-0.39, 0.29) is 30.3 Å². The molecule has 1 unspecified atom stereocenters. The first kappa shape index (κ1) is 18.9. The summed E-state index contributed by atoms with van der Waals surface area (Å²) in [4.78, 5) is 40.3. The van der Waals surface area contributed by atoms with Crippen LogP contribution in [-0.4, -0.2) is 67.7 Å². The smallest absolute Gasteiger partial charge is 0.255 e. The Morgan fingerprint density at radius 2 is 2.07 bits per heavy atom. The average molecular weight is 409 g/mol. The maximum Gasteiger partial charge on any atom is 0.255 e. The lowest BCUT2D eigenvalue weighted by atomic mass is 10.0. The first-order valence-corrected chi connectivity index (χ1v) is 10.1. The molecule has 10 nitrogen and oxygen atoms in total. The van der Waals surface area contributed by atoms with E-state index in [2.05, 4.69) is 20.5 Å². The van der Waals surface area contributed by atoms with Gasteiger partial charge in [-0.3, -0.25) is 24.6 Å². The highest BCUT2D eigenvalue weighted by Crippen LogP contribution is 2.29. The minimum absolute atomic E-state index is 0.0225. The molecule has 2 saturated heterocycles. The number of benzene rings is 1. The first-order chi connectivity index (χ1) is 14.5. The van der Waals surface area contributed by atoms with Crippen LogP contribution in [0.4, 0.5) is 0 Å². The molecule has 5 rings (SSSR count). The van der Waals surface area contributed by atoms with Crippen molar-refractivity contribution in [2.45, 2.75) is 44.1 Å². The van der Waals surface area contributed by atoms with E-state index in [4.69, 9.17) is 5.73 Å². The third-order valence-electron chi connectivity index (χ3n) is 6.18. The molecule has 3 N–H and O–H groups in total. The lowest BCUT2D eigenvalue weighted by molar-refractivity contribution is -0.136. The van der Waals surface area contributed by atoms with Crippen molar-refractivity contribution in [1.82, 2.24) is 30.1 Å². The van der Waals surface area contributed by atoms with Crippen molar-refractivity contribution in [3.8, 4) is 0 Å². The van der Waals surface area contributed by atoms with Gasteiger partial charge in [-0.05, 0) is 23.6 Å². The van der Waals surface area contributed by atoms with Crippen LogP contribution >= 0.6 is 0 Å². The molecule has 2 aromatic rings. The maximum absolute atomic E-state index is 12.8. The molecule has 0 radical (unpaired) electrons. The van der Waals surface area contributed by atoms with E-state index in [1.165, 1.54) is 0 Å². The van der Waals surface area contributed by atoms with Crippen molar-refractivity contribution in [3.63, 3.8) is 0 Å². The molecule has 1 aromatic carbocycles. The van der Waals surface area contributed by atoms with Gasteiger partial charge < -0.3 is 10.6 Å². The molecule has 3 aliphatic rings. The molecule has 156 valence electrons. The van der Waals surface area contributed by atoms with Gasteiger partial charge in [0, 0.05) is 50.4 Å². The Morgan fingerprint density at radius 1 is 1.20 bits per heavy atom. The number of aromatic nitrogens is 3. The van der Waals surface area contributed by atoms with Crippen LogP contribution < -0.4 is 11.1 Å². The average Bonchev–Trinajstić information content (AvgIpc) is 3.42. The van der Waals surface area contributed by atoms with Gasteiger partial charge in [0.05, 0.1) is 12.2 Å². The third-order valence-corrected chi connectivity index (χ3v) is 6.18. The number of carbonyl (C=O) groups is 3. The maximum atomic E-state index is 12.8. The molecule has 0 saturated carbocycles. The number of nitrogens with two attached hydrogens (primary N) is 1. The minimum atomic E-state index is -0.592. The monoisotopic (exact) mass is 409 g/mol. The number of likely N-dealkylation sites (tertiary alicyclic amines) is 1. The van der Waals surface area contributed by atoms with Gasteiger partial charge in [0.2, 0.25) is 11.8 Å².